The molecule has 1 heterocycles. The highest BCUT2D eigenvalue weighted by Gasteiger charge is 2.35. The quantitative estimate of drug-likeness (QED) is 0.209. The van der Waals surface area contributed by atoms with Crippen LogP contribution in [0.25, 0.3) is 6.08 Å². The topological polar surface area (TPSA) is 41.9 Å². The summed E-state index contributed by atoms with van der Waals surface area (Å²) in [7, 11) is 0. The van der Waals surface area contributed by atoms with Crippen LogP contribution in [0.3, 0.4) is 0 Å². The van der Waals surface area contributed by atoms with Crippen molar-refractivity contribution in [2.24, 2.45) is 4.99 Å². The maximum Gasteiger partial charge on any atom is 0.271 e. The number of aryl methyl sites for hydroxylation is 2. The minimum Gasteiger partial charge on any atom is -0.487 e. The number of carbonyl (C=O) groups is 1. The zero-order chi connectivity index (χ0) is 27.5. The summed E-state index contributed by atoms with van der Waals surface area (Å²) in [5, 5.41) is 2.13. The van der Waals surface area contributed by atoms with Gasteiger partial charge in [0.15, 0.2) is 5.17 Å². The van der Waals surface area contributed by atoms with Crippen molar-refractivity contribution >= 4 is 75.1 Å². The zero-order valence-electron chi connectivity index (χ0n) is 21.1. The smallest absolute Gasteiger partial charge is 0.271 e. The minimum atomic E-state index is -0.211. The van der Waals surface area contributed by atoms with Crippen LogP contribution in [0.4, 0.5) is 11.4 Å². The van der Waals surface area contributed by atoms with E-state index < -0.39 is 0 Å². The fourth-order valence-electron chi connectivity index (χ4n) is 3.87. The van der Waals surface area contributed by atoms with Gasteiger partial charge in [0, 0.05) is 10.0 Å². The lowest BCUT2D eigenvalue weighted by Crippen LogP contribution is -2.28. The van der Waals surface area contributed by atoms with Crippen LogP contribution in [0.5, 0.6) is 5.75 Å². The number of hydrogen-bond donors (Lipinski definition) is 0. The standard InChI is InChI=1S/C31H23Cl3N2O2S/c1-19-8-11-23(16-25(19)32)35-31-36(24-12-9-20(2)26(33)17-24)30(37)29(39-31)15-22-10-13-28(27(34)14-22)38-18-21-6-4-3-5-7-21/h3-17H,18H2,1-2H3/b29-15+,35-31?. The van der Waals surface area contributed by atoms with Crippen LogP contribution in [-0.2, 0) is 11.4 Å². The molecule has 1 saturated heterocycles. The van der Waals surface area contributed by atoms with Crippen molar-refractivity contribution in [1.82, 2.24) is 0 Å². The molecule has 0 spiro atoms. The van der Waals surface area contributed by atoms with Crippen LogP contribution < -0.4 is 9.64 Å². The van der Waals surface area contributed by atoms with Crippen molar-refractivity contribution in [3.8, 4) is 5.75 Å². The number of nitrogens with zero attached hydrogens (tertiary/aromatic N) is 2. The first-order chi connectivity index (χ1) is 18.8. The number of hydrogen-bond acceptors (Lipinski definition) is 4. The molecule has 0 radical (unpaired) electrons. The van der Waals surface area contributed by atoms with Crippen LogP contribution in [0, 0.1) is 13.8 Å². The highest BCUT2D eigenvalue weighted by atomic mass is 35.5. The Bertz CT molecular complexity index is 1620. The zero-order valence-corrected chi connectivity index (χ0v) is 24.2. The molecule has 0 bridgehead atoms. The van der Waals surface area contributed by atoms with Gasteiger partial charge in [0.1, 0.15) is 12.4 Å². The number of amides is 1. The molecule has 0 saturated carbocycles. The number of halogens is 3. The summed E-state index contributed by atoms with van der Waals surface area (Å²) < 4.78 is 5.89. The van der Waals surface area contributed by atoms with Gasteiger partial charge in [-0.25, -0.2) is 4.99 Å². The summed E-state index contributed by atoms with van der Waals surface area (Å²) in [5.74, 6) is 0.361. The van der Waals surface area contributed by atoms with E-state index in [0.717, 1.165) is 22.3 Å². The Kier molecular flexibility index (Phi) is 8.34. The van der Waals surface area contributed by atoms with E-state index in [0.29, 0.717) is 48.9 Å². The molecule has 39 heavy (non-hydrogen) atoms. The Morgan fingerprint density at radius 1 is 0.846 bits per heavy atom. The number of rotatable bonds is 6. The Morgan fingerprint density at radius 2 is 1.56 bits per heavy atom. The molecular formula is C31H23Cl3N2O2S. The van der Waals surface area contributed by atoms with E-state index in [2.05, 4.69) is 0 Å². The average Bonchev–Trinajstić information content (AvgIpc) is 3.22. The molecule has 0 aliphatic carbocycles. The molecule has 0 aromatic heterocycles. The molecule has 0 N–H and O–H groups in total. The second-order valence-corrected chi connectivity index (χ2v) is 11.2. The van der Waals surface area contributed by atoms with Gasteiger partial charge < -0.3 is 4.74 Å². The van der Waals surface area contributed by atoms with Crippen molar-refractivity contribution in [3.05, 3.63) is 127 Å². The Morgan fingerprint density at radius 3 is 2.26 bits per heavy atom. The second-order valence-electron chi connectivity index (χ2n) is 8.98. The van der Waals surface area contributed by atoms with Crippen LogP contribution in [0.15, 0.2) is 94.8 Å². The first-order valence-electron chi connectivity index (χ1n) is 12.1. The van der Waals surface area contributed by atoms with Crippen molar-refractivity contribution < 1.29 is 9.53 Å². The summed E-state index contributed by atoms with van der Waals surface area (Å²) in [4.78, 5) is 20.5. The monoisotopic (exact) mass is 592 g/mol. The molecule has 8 heteroatoms. The van der Waals surface area contributed by atoms with Gasteiger partial charge >= 0.3 is 0 Å². The summed E-state index contributed by atoms with van der Waals surface area (Å²) in [6.45, 7) is 4.25. The van der Waals surface area contributed by atoms with Gasteiger partial charge in [0.25, 0.3) is 5.91 Å². The van der Waals surface area contributed by atoms with Crippen molar-refractivity contribution in [2.75, 3.05) is 4.90 Å². The molecule has 4 aromatic rings. The summed E-state index contributed by atoms with van der Waals surface area (Å²) in [6, 6.07) is 26.4. The summed E-state index contributed by atoms with van der Waals surface area (Å²) in [6.07, 6.45) is 1.80. The SMILES string of the molecule is Cc1ccc(N=C2S/C(=C/c3ccc(OCc4ccccc4)c(Cl)c3)C(=O)N2c2ccc(C)c(Cl)c2)cc1Cl. The van der Waals surface area contributed by atoms with E-state index >= 15 is 0 Å². The third-order valence-corrected chi connectivity index (χ3v) is 8.17. The van der Waals surface area contributed by atoms with Gasteiger partial charge in [0.05, 0.1) is 21.3 Å². The molecule has 196 valence electrons. The van der Waals surface area contributed by atoms with E-state index in [-0.39, 0.29) is 5.91 Å². The van der Waals surface area contributed by atoms with Gasteiger partial charge in [-0.15, -0.1) is 0 Å². The van der Waals surface area contributed by atoms with Crippen LogP contribution in [-0.4, -0.2) is 11.1 Å². The normalized spacial score (nSPS) is 15.4. The van der Waals surface area contributed by atoms with E-state index in [1.54, 1.807) is 29.2 Å². The van der Waals surface area contributed by atoms with Gasteiger partial charge in [-0.3, -0.25) is 9.69 Å². The maximum atomic E-state index is 13.7. The van der Waals surface area contributed by atoms with E-state index in [1.165, 1.54) is 11.8 Å². The highest BCUT2D eigenvalue weighted by Crippen LogP contribution is 2.39. The third kappa shape index (κ3) is 6.34. The molecule has 5 rings (SSSR count). The van der Waals surface area contributed by atoms with E-state index in [4.69, 9.17) is 44.5 Å². The number of amidine groups is 1. The Balaban J connectivity index is 1.46. The molecular weight excluding hydrogens is 571 g/mol. The van der Waals surface area contributed by atoms with Crippen LogP contribution in [0.1, 0.15) is 22.3 Å². The summed E-state index contributed by atoms with van der Waals surface area (Å²) in [5.41, 5.74) is 4.96. The summed E-state index contributed by atoms with van der Waals surface area (Å²) >= 11 is 20.5. The van der Waals surface area contributed by atoms with Gasteiger partial charge in [0.2, 0.25) is 0 Å². The van der Waals surface area contributed by atoms with Gasteiger partial charge in [-0.2, -0.15) is 0 Å². The highest BCUT2D eigenvalue weighted by molar-refractivity contribution is 8.19. The number of anilines is 1. The molecule has 4 nitrogen and oxygen atoms in total. The first kappa shape index (κ1) is 27.4. The average molecular weight is 594 g/mol. The van der Waals surface area contributed by atoms with Crippen molar-refractivity contribution in [2.45, 2.75) is 20.5 Å². The van der Waals surface area contributed by atoms with Gasteiger partial charge in [-0.1, -0.05) is 83.3 Å². The lowest BCUT2D eigenvalue weighted by atomic mass is 10.2. The van der Waals surface area contributed by atoms with E-state index in [9.17, 15) is 4.79 Å². The fourth-order valence-corrected chi connectivity index (χ4v) is 5.46. The minimum absolute atomic E-state index is 0.211. The number of thioether (sulfide) groups is 1. The Hall–Kier alpha value is -3.22. The van der Waals surface area contributed by atoms with Crippen LogP contribution >= 0.6 is 46.6 Å². The molecule has 1 fully saturated rings. The predicted octanol–water partition coefficient (Wildman–Crippen LogP) is 9.65. The van der Waals surface area contributed by atoms with Crippen molar-refractivity contribution in [1.29, 1.82) is 0 Å². The number of carbonyl (C=O) groups excluding carboxylic acids is 1. The molecule has 4 aromatic carbocycles. The predicted molar refractivity (Wildman–Crippen MR) is 165 cm³/mol. The molecule has 1 aliphatic heterocycles. The Labute approximate surface area is 246 Å². The number of benzene rings is 4. The molecule has 1 aliphatic rings. The number of aliphatic imine (C=N–C) groups is 1. The van der Waals surface area contributed by atoms with Crippen LogP contribution in [0.2, 0.25) is 15.1 Å². The van der Waals surface area contributed by atoms with Gasteiger partial charge in [-0.05, 0) is 90.3 Å². The third-order valence-electron chi connectivity index (χ3n) is 6.09. The molecule has 1 amide bonds. The maximum absolute atomic E-state index is 13.7. The molecule has 0 unspecified atom stereocenters. The van der Waals surface area contributed by atoms with Crippen molar-refractivity contribution in [3.63, 3.8) is 0 Å². The molecule has 0 atom stereocenters. The van der Waals surface area contributed by atoms with E-state index in [1.807, 2.05) is 80.6 Å². The first-order valence-corrected chi connectivity index (χ1v) is 14.0. The second kappa shape index (κ2) is 11.9. The lowest BCUT2D eigenvalue weighted by Gasteiger charge is -2.16. The fraction of sp³-hybridized carbons (Fsp3) is 0.0968. The number of ether oxygens (including phenoxy) is 1. The lowest BCUT2D eigenvalue weighted by molar-refractivity contribution is -0.113. The largest absolute Gasteiger partial charge is 0.487 e.